The Bertz CT molecular complexity index is 989. The zero-order valence-corrected chi connectivity index (χ0v) is 17.2. The lowest BCUT2D eigenvalue weighted by molar-refractivity contribution is -0.128. The van der Waals surface area contributed by atoms with Crippen LogP contribution in [0.5, 0.6) is 5.75 Å². The Hall–Kier alpha value is -2.93. The van der Waals surface area contributed by atoms with Gasteiger partial charge in [-0.25, -0.2) is 4.39 Å². The van der Waals surface area contributed by atoms with Crippen LogP contribution in [0.2, 0.25) is 0 Å². The van der Waals surface area contributed by atoms with Crippen molar-refractivity contribution in [3.63, 3.8) is 0 Å². The number of benzene rings is 2. The van der Waals surface area contributed by atoms with Crippen molar-refractivity contribution < 1.29 is 23.5 Å². The summed E-state index contributed by atoms with van der Waals surface area (Å²) in [4.78, 5) is 27.9. The van der Waals surface area contributed by atoms with Crippen LogP contribution >= 0.6 is 0 Å². The summed E-state index contributed by atoms with van der Waals surface area (Å²) in [5, 5.41) is 3.04. The van der Waals surface area contributed by atoms with Crippen LogP contribution in [0.15, 0.2) is 48.5 Å². The van der Waals surface area contributed by atoms with E-state index in [1.54, 1.807) is 17.0 Å². The number of fused-ring (bicyclic) bond motifs is 3. The Morgan fingerprint density at radius 3 is 2.68 bits per heavy atom. The molecule has 1 saturated carbocycles. The molecule has 0 bridgehead atoms. The minimum absolute atomic E-state index is 0.0157. The fourth-order valence-electron chi connectivity index (χ4n) is 4.74. The Balaban J connectivity index is 1.33. The molecule has 0 spiro atoms. The van der Waals surface area contributed by atoms with Gasteiger partial charge in [0.05, 0.1) is 5.41 Å². The van der Waals surface area contributed by atoms with Gasteiger partial charge < -0.3 is 19.7 Å². The first-order valence-electron chi connectivity index (χ1n) is 10.7. The molecule has 6 nitrogen and oxygen atoms in total. The van der Waals surface area contributed by atoms with Gasteiger partial charge in [0.15, 0.2) is 0 Å². The SMILES string of the molecule is O=C(CN1C(=O)[C@@]2(COc3ccc(F)cc3)C[C@H]2c2ccccc21)NC1CCOCC1. The van der Waals surface area contributed by atoms with E-state index < -0.39 is 5.41 Å². The number of nitrogens with one attached hydrogen (secondary N) is 1. The number of halogens is 1. The molecule has 1 aliphatic carbocycles. The summed E-state index contributed by atoms with van der Waals surface area (Å²) in [6.07, 6.45) is 2.25. The van der Waals surface area contributed by atoms with Crippen LogP contribution in [0.1, 0.15) is 30.7 Å². The van der Waals surface area contributed by atoms with Crippen molar-refractivity contribution in [2.45, 2.75) is 31.2 Å². The highest BCUT2D eigenvalue weighted by Gasteiger charge is 2.66. The maximum Gasteiger partial charge on any atom is 0.240 e. The van der Waals surface area contributed by atoms with Gasteiger partial charge in [-0.1, -0.05) is 18.2 Å². The lowest BCUT2D eigenvalue weighted by atomic mass is 9.92. The number of nitrogens with zero attached hydrogens (tertiary/aromatic N) is 1. The minimum Gasteiger partial charge on any atom is -0.492 e. The number of carbonyl (C=O) groups excluding carboxylic acids is 2. The summed E-state index contributed by atoms with van der Waals surface area (Å²) in [6, 6.07) is 13.6. The highest BCUT2D eigenvalue weighted by molar-refractivity contribution is 6.07. The van der Waals surface area contributed by atoms with Gasteiger partial charge in [-0.2, -0.15) is 0 Å². The first-order chi connectivity index (χ1) is 15.1. The Morgan fingerprint density at radius 2 is 1.90 bits per heavy atom. The maximum absolute atomic E-state index is 13.5. The monoisotopic (exact) mass is 424 g/mol. The molecule has 1 saturated heterocycles. The van der Waals surface area contributed by atoms with E-state index in [0.717, 1.165) is 24.1 Å². The van der Waals surface area contributed by atoms with Crippen LogP contribution in [0.3, 0.4) is 0 Å². The molecule has 2 aliphatic heterocycles. The molecule has 0 aromatic heterocycles. The van der Waals surface area contributed by atoms with Crippen molar-refractivity contribution in [2.75, 3.05) is 31.3 Å². The van der Waals surface area contributed by atoms with Crippen molar-refractivity contribution in [2.24, 2.45) is 5.41 Å². The molecule has 2 heterocycles. The predicted octanol–water partition coefficient (Wildman–Crippen LogP) is 3.02. The van der Waals surface area contributed by atoms with Crippen LogP contribution in [-0.2, 0) is 14.3 Å². The predicted molar refractivity (Wildman–Crippen MR) is 112 cm³/mol. The lowest BCUT2D eigenvalue weighted by Gasteiger charge is -2.34. The molecule has 3 aliphatic rings. The van der Waals surface area contributed by atoms with E-state index in [0.29, 0.717) is 25.4 Å². The quantitative estimate of drug-likeness (QED) is 0.774. The van der Waals surface area contributed by atoms with Gasteiger partial charge in [-0.15, -0.1) is 0 Å². The molecule has 2 atom stereocenters. The summed E-state index contributed by atoms with van der Waals surface area (Å²) in [5.74, 6) is 0.0201. The third kappa shape index (κ3) is 3.78. The van der Waals surface area contributed by atoms with Gasteiger partial charge in [-0.3, -0.25) is 9.59 Å². The van der Waals surface area contributed by atoms with Crippen LogP contribution in [0, 0.1) is 11.2 Å². The third-order valence-corrected chi connectivity index (χ3v) is 6.55. The van der Waals surface area contributed by atoms with Crippen molar-refractivity contribution in [1.82, 2.24) is 5.32 Å². The summed E-state index contributed by atoms with van der Waals surface area (Å²) in [7, 11) is 0. The molecule has 0 unspecified atom stereocenters. The largest absolute Gasteiger partial charge is 0.492 e. The van der Waals surface area contributed by atoms with Crippen LogP contribution in [0.25, 0.3) is 0 Å². The smallest absolute Gasteiger partial charge is 0.240 e. The van der Waals surface area contributed by atoms with Gasteiger partial charge in [0.25, 0.3) is 0 Å². The molecule has 2 aromatic carbocycles. The summed E-state index contributed by atoms with van der Waals surface area (Å²) in [6.45, 7) is 1.47. The van der Waals surface area contributed by atoms with Gasteiger partial charge in [0, 0.05) is 30.9 Å². The number of para-hydroxylation sites is 1. The topological polar surface area (TPSA) is 67.9 Å². The first kappa shape index (κ1) is 20.0. The van der Waals surface area contributed by atoms with Crippen molar-refractivity contribution >= 4 is 17.5 Å². The molecule has 2 fully saturated rings. The summed E-state index contributed by atoms with van der Waals surface area (Å²) >= 11 is 0. The number of anilines is 1. The van der Waals surface area contributed by atoms with E-state index in [1.165, 1.54) is 12.1 Å². The molecule has 7 heteroatoms. The number of ether oxygens (including phenoxy) is 2. The Morgan fingerprint density at radius 1 is 1.16 bits per heavy atom. The van der Waals surface area contributed by atoms with E-state index in [9.17, 15) is 14.0 Å². The Labute approximate surface area is 180 Å². The van der Waals surface area contributed by atoms with Crippen LogP contribution < -0.4 is 15.0 Å². The molecule has 31 heavy (non-hydrogen) atoms. The van der Waals surface area contributed by atoms with E-state index in [4.69, 9.17) is 9.47 Å². The van der Waals surface area contributed by atoms with Gasteiger partial charge >= 0.3 is 0 Å². The van der Waals surface area contributed by atoms with Crippen molar-refractivity contribution in [1.29, 1.82) is 0 Å². The van der Waals surface area contributed by atoms with Crippen LogP contribution in [-0.4, -0.2) is 44.2 Å². The van der Waals surface area contributed by atoms with Crippen LogP contribution in [0.4, 0.5) is 10.1 Å². The highest BCUT2D eigenvalue weighted by atomic mass is 19.1. The summed E-state index contributed by atoms with van der Waals surface area (Å²) < 4.78 is 24.4. The second-order valence-corrected chi connectivity index (χ2v) is 8.56. The fraction of sp³-hybridized carbons (Fsp3) is 0.417. The normalized spacial score (nSPS) is 24.9. The fourth-order valence-corrected chi connectivity index (χ4v) is 4.74. The maximum atomic E-state index is 13.5. The first-order valence-corrected chi connectivity index (χ1v) is 10.7. The zero-order valence-electron chi connectivity index (χ0n) is 17.2. The molecule has 0 radical (unpaired) electrons. The molecule has 2 amide bonds. The molecule has 5 rings (SSSR count). The lowest BCUT2D eigenvalue weighted by Crippen LogP contribution is -2.50. The number of carbonyl (C=O) groups is 2. The molecular weight excluding hydrogens is 399 g/mol. The van der Waals surface area contributed by atoms with E-state index >= 15 is 0 Å². The standard InChI is InChI=1S/C24H25FN2O4/c25-16-5-7-18(8-6-16)31-15-24-13-20(24)19-3-1-2-4-21(19)27(23(24)29)14-22(28)26-17-9-11-30-12-10-17/h1-8,17,20H,9-15H2,(H,26,28)/t20-,24+/m0/s1. The minimum atomic E-state index is -0.679. The van der Waals surface area contributed by atoms with E-state index in [-0.39, 0.29) is 42.7 Å². The second-order valence-electron chi connectivity index (χ2n) is 8.56. The van der Waals surface area contributed by atoms with Gasteiger partial charge in [-0.05, 0) is 55.2 Å². The molecule has 2 aromatic rings. The van der Waals surface area contributed by atoms with Crippen molar-refractivity contribution in [3.05, 3.63) is 59.9 Å². The number of hydrogen-bond acceptors (Lipinski definition) is 4. The average Bonchev–Trinajstić information content (AvgIpc) is 3.53. The average molecular weight is 424 g/mol. The Kier molecular flexibility index (Phi) is 5.14. The number of rotatable bonds is 6. The van der Waals surface area contributed by atoms with E-state index in [1.807, 2.05) is 24.3 Å². The summed E-state index contributed by atoms with van der Waals surface area (Å²) in [5.41, 5.74) is 1.19. The third-order valence-electron chi connectivity index (χ3n) is 6.55. The van der Waals surface area contributed by atoms with E-state index in [2.05, 4.69) is 5.32 Å². The highest BCUT2D eigenvalue weighted by Crippen LogP contribution is 2.65. The zero-order chi connectivity index (χ0) is 21.4. The van der Waals surface area contributed by atoms with Crippen molar-refractivity contribution in [3.8, 4) is 5.75 Å². The second kappa shape index (κ2) is 7.96. The van der Waals surface area contributed by atoms with Gasteiger partial charge in [0.1, 0.15) is 24.7 Å². The molecule has 162 valence electrons. The molecular formula is C24H25FN2O4. The molecule has 1 N–H and O–H groups in total. The number of amides is 2. The number of hydrogen-bond donors (Lipinski definition) is 1. The van der Waals surface area contributed by atoms with Gasteiger partial charge in [0.2, 0.25) is 11.8 Å².